The number of pyridine rings is 1. The third-order valence-electron chi connectivity index (χ3n) is 6.19. The molecule has 1 aliphatic carbocycles. The number of aromatic nitrogens is 7. The molecule has 0 bridgehead atoms. The van der Waals surface area contributed by atoms with E-state index >= 15 is 0 Å². The Morgan fingerprint density at radius 2 is 2.06 bits per heavy atom. The van der Waals surface area contributed by atoms with Gasteiger partial charge in [-0.2, -0.15) is 15.1 Å². The molecule has 0 aliphatic heterocycles. The zero-order chi connectivity index (χ0) is 22.6. The Hall–Kier alpha value is -3.53. The Morgan fingerprint density at radius 3 is 2.76 bits per heavy atom. The van der Waals surface area contributed by atoms with Crippen molar-refractivity contribution in [3.63, 3.8) is 0 Å². The van der Waals surface area contributed by atoms with Gasteiger partial charge in [0.1, 0.15) is 0 Å². The molecule has 1 atom stereocenters. The quantitative estimate of drug-likeness (QED) is 0.358. The summed E-state index contributed by atoms with van der Waals surface area (Å²) in [5.41, 5.74) is 2.59. The van der Waals surface area contributed by atoms with Gasteiger partial charge in [0.05, 0.1) is 19.0 Å². The van der Waals surface area contributed by atoms with Crippen LogP contribution in [-0.2, 0) is 6.54 Å². The molecule has 4 heterocycles. The number of rotatable bonds is 9. The van der Waals surface area contributed by atoms with Gasteiger partial charge in [-0.15, -0.1) is 0 Å². The highest BCUT2D eigenvalue weighted by Crippen LogP contribution is 2.33. The Morgan fingerprint density at radius 1 is 1.18 bits per heavy atom. The standard InChI is InChI=1S/C23H29N9O/c1-2-17(14-33)28-23-29-21(20-22(30-23)31(15-26-20)18-6-3-4-7-18)25-13-16-8-9-19(24-12-16)32-11-5-10-27-32/h5,8-12,15,17-18,33H,2-4,6-7,13-14H2,1H3,(H2,25,28,29,30)/t17-/m1/s1. The first-order chi connectivity index (χ1) is 16.2. The summed E-state index contributed by atoms with van der Waals surface area (Å²) < 4.78 is 3.91. The SMILES string of the molecule is CC[C@H](CO)Nc1nc(NCc2ccc(-n3cccn3)nc2)c2ncn(C3CCCC3)c2n1. The van der Waals surface area contributed by atoms with E-state index in [1.54, 1.807) is 10.9 Å². The number of hydrogen-bond acceptors (Lipinski definition) is 8. The number of hydrogen-bond donors (Lipinski definition) is 3. The van der Waals surface area contributed by atoms with Gasteiger partial charge >= 0.3 is 0 Å². The molecule has 4 aromatic heterocycles. The van der Waals surface area contributed by atoms with Crippen molar-refractivity contribution in [2.75, 3.05) is 17.2 Å². The molecule has 1 fully saturated rings. The number of nitrogens with zero attached hydrogens (tertiary/aromatic N) is 7. The summed E-state index contributed by atoms with van der Waals surface area (Å²) in [7, 11) is 0. The van der Waals surface area contributed by atoms with Crippen LogP contribution in [0.25, 0.3) is 17.0 Å². The minimum absolute atomic E-state index is 0.0246. The van der Waals surface area contributed by atoms with Gasteiger partial charge in [-0.1, -0.05) is 25.8 Å². The van der Waals surface area contributed by atoms with Crippen LogP contribution in [0.15, 0.2) is 43.1 Å². The van der Waals surface area contributed by atoms with Gasteiger partial charge in [0.15, 0.2) is 22.8 Å². The maximum absolute atomic E-state index is 9.64. The lowest BCUT2D eigenvalue weighted by Gasteiger charge is -2.17. The second kappa shape index (κ2) is 9.53. The number of fused-ring (bicyclic) bond motifs is 1. The topological polar surface area (TPSA) is 119 Å². The average molecular weight is 448 g/mol. The van der Waals surface area contributed by atoms with Crippen LogP contribution in [0.3, 0.4) is 0 Å². The van der Waals surface area contributed by atoms with Crippen molar-refractivity contribution in [2.24, 2.45) is 0 Å². The van der Waals surface area contributed by atoms with Crippen molar-refractivity contribution >= 4 is 22.9 Å². The summed E-state index contributed by atoms with van der Waals surface area (Å²) >= 11 is 0. The van der Waals surface area contributed by atoms with Crippen LogP contribution in [0.1, 0.15) is 50.6 Å². The third kappa shape index (κ3) is 4.51. The summed E-state index contributed by atoms with van der Waals surface area (Å²) in [6.07, 6.45) is 12.8. The fourth-order valence-corrected chi connectivity index (χ4v) is 4.26. The predicted octanol–water partition coefficient (Wildman–Crippen LogP) is 3.32. The van der Waals surface area contributed by atoms with E-state index in [0.717, 1.165) is 41.8 Å². The molecule has 0 unspecified atom stereocenters. The summed E-state index contributed by atoms with van der Waals surface area (Å²) in [5, 5.41) is 20.5. The lowest BCUT2D eigenvalue weighted by molar-refractivity contribution is 0.271. The molecule has 5 rings (SSSR count). The fourth-order valence-electron chi connectivity index (χ4n) is 4.26. The smallest absolute Gasteiger partial charge is 0.227 e. The summed E-state index contributed by atoms with van der Waals surface area (Å²) in [4.78, 5) is 18.6. The lowest BCUT2D eigenvalue weighted by Crippen LogP contribution is -2.24. The predicted molar refractivity (Wildman–Crippen MR) is 126 cm³/mol. The molecule has 0 spiro atoms. The maximum Gasteiger partial charge on any atom is 0.227 e. The van der Waals surface area contributed by atoms with Crippen LogP contribution in [0.2, 0.25) is 0 Å². The molecule has 4 aromatic rings. The van der Waals surface area contributed by atoms with E-state index in [1.807, 2.05) is 43.8 Å². The molecule has 10 heteroatoms. The van der Waals surface area contributed by atoms with E-state index in [1.165, 1.54) is 12.8 Å². The van der Waals surface area contributed by atoms with Gasteiger partial charge in [-0.05, 0) is 37.0 Å². The van der Waals surface area contributed by atoms with Gasteiger partial charge in [0.2, 0.25) is 5.95 Å². The van der Waals surface area contributed by atoms with Gasteiger partial charge < -0.3 is 20.3 Å². The monoisotopic (exact) mass is 447 g/mol. The molecule has 0 radical (unpaired) electrons. The zero-order valence-corrected chi connectivity index (χ0v) is 18.7. The zero-order valence-electron chi connectivity index (χ0n) is 18.7. The van der Waals surface area contributed by atoms with Crippen molar-refractivity contribution in [3.8, 4) is 5.82 Å². The van der Waals surface area contributed by atoms with Crippen molar-refractivity contribution in [1.82, 2.24) is 34.3 Å². The summed E-state index contributed by atoms with van der Waals surface area (Å²) in [6.45, 7) is 2.59. The van der Waals surface area contributed by atoms with Crippen molar-refractivity contribution in [2.45, 2.75) is 57.7 Å². The average Bonchev–Trinajstić information content (AvgIpc) is 3.62. The van der Waals surface area contributed by atoms with Crippen LogP contribution >= 0.6 is 0 Å². The number of aliphatic hydroxyl groups is 1. The molecule has 0 saturated heterocycles. The molecule has 0 aromatic carbocycles. The summed E-state index contributed by atoms with van der Waals surface area (Å²) in [6, 6.07) is 6.15. The second-order valence-electron chi connectivity index (χ2n) is 8.42. The van der Waals surface area contributed by atoms with Crippen LogP contribution in [0.4, 0.5) is 11.8 Å². The molecular weight excluding hydrogens is 418 g/mol. The molecule has 1 saturated carbocycles. The van der Waals surface area contributed by atoms with Crippen molar-refractivity contribution in [3.05, 3.63) is 48.7 Å². The normalized spacial score (nSPS) is 15.2. The van der Waals surface area contributed by atoms with E-state index in [9.17, 15) is 5.11 Å². The molecular formula is C23H29N9O. The first-order valence-corrected chi connectivity index (χ1v) is 11.6. The molecule has 0 amide bonds. The first-order valence-electron chi connectivity index (χ1n) is 11.6. The second-order valence-corrected chi connectivity index (χ2v) is 8.42. The Bertz CT molecular complexity index is 1180. The van der Waals surface area contributed by atoms with Gasteiger partial charge in [-0.25, -0.2) is 14.6 Å². The lowest BCUT2D eigenvalue weighted by atomic mass is 10.2. The first kappa shape index (κ1) is 21.3. The van der Waals surface area contributed by atoms with Crippen molar-refractivity contribution < 1.29 is 5.11 Å². The molecule has 1 aliphatic rings. The number of imidazole rings is 1. The summed E-state index contributed by atoms with van der Waals surface area (Å²) in [5.74, 6) is 1.94. The number of anilines is 2. The maximum atomic E-state index is 9.64. The molecule has 33 heavy (non-hydrogen) atoms. The van der Waals surface area contributed by atoms with Gasteiger partial charge in [-0.3, -0.25) is 0 Å². The van der Waals surface area contributed by atoms with E-state index in [2.05, 4.69) is 30.3 Å². The van der Waals surface area contributed by atoms with E-state index in [0.29, 0.717) is 24.4 Å². The Balaban J connectivity index is 1.41. The fraction of sp³-hybridized carbons (Fsp3) is 0.435. The minimum Gasteiger partial charge on any atom is -0.394 e. The van der Waals surface area contributed by atoms with E-state index in [-0.39, 0.29) is 12.6 Å². The van der Waals surface area contributed by atoms with Crippen LogP contribution in [0, 0.1) is 0 Å². The molecule has 3 N–H and O–H groups in total. The Labute approximate surface area is 192 Å². The molecule has 172 valence electrons. The largest absolute Gasteiger partial charge is 0.394 e. The minimum atomic E-state index is -0.0998. The van der Waals surface area contributed by atoms with Crippen molar-refractivity contribution in [1.29, 1.82) is 0 Å². The molecule has 10 nitrogen and oxygen atoms in total. The Kier molecular flexibility index (Phi) is 6.16. The van der Waals surface area contributed by atoms with Gasteiger partial charge in [0.25, 0.3) is 0 Å². The van der Waals surface area contributed by atoms with E-state index < -0.39 is 0 Å². The third-order valence-corrected chi connectivity index (χ3v) is 6.19. The number of aliphatic hydroxyl groups excluding tert-OH is 1. The highest BCUT2D eigenvalue weighted by atomic mass is 16.3. The van der Waals surface area contributed by atoms with Gasteiger partial charge in [0, 0.05) is 31.2 Å². The van der Waals surface area contributed by atoms with Crippen LogP contribution in [-0.4, -0.2) is 52.0 Å². The number of nitrogens with one attached hydrogen (secondary N) is 2. The van der Waals surface area contributed by atoms with Crippen LogP contribution < -0.4 is 10.6 Å². The van der Waals surface area contributed by atoms with Crippen LogP contribution in [0.5, 0.6) is 0 Å². The highest BCUT2D eigenvalue weighted by molar-refractivity contribution is 5.84. The highest BCUT2D eigenvalue weighted by Gasteiger charge is 2.22. The van der Waals surface area contributed by atoms with E-state index in [4.69, 9.17) is 9.97 Å².